The van der Waals surface area contributed by atoms with Crippen LogP contribution in [0.3, 0.4) is 0 Å². The summed E-state index contributed by atoms with van der Waals surface area (Å²) in [5.41, 5.74) is 0.854. The number of methoxy groups -OCH3 is 1. The Hall–Kier alpha value is -2.49. The Morgan fingerprint density at radius 3 is 2.32 bits per heavy atom. The summed E-state index contributed by atoms with van der Waals surface area (Å²) in [4.78, 5) is 28.3. The van der Waals surface area contributed by atoms with Crippen molar-refractivity contribution in [3.63, 3.8) is 0 Å². The fraction of sp³-hybridized carbons (Fsp3) is 0.462. The van der Waals surface area contributed by atoms with Gasteiger partial charge < -0.3 is 15.0 Å². The van der Waals surface area contributed by atoms with Gasteiger partial charge in [0.2, 0.25) is 21.8 Å². The molecular formula is C26H33Cl2N3O5S. The van der Waals surface area contributed by atoms with E-state index in [9.17, 15) is 18.0 Å². The minimum atomic E-state index is -3.91. The molecule has 1 unspecified atom stereocenters. The van der Waals surface area contributed by atoms with Gasteiger partial charge in [-0.05, 0) is 55.7 Å². The molecule has 3 rings (SSSR count). The van der Waals surface area contributed by atoms with Crippen LogP contribution in [0.4, 0.5) is 5.69 Å². The number of nitrogens with zero attached hydrogens (tertiary/aromatic N) is 2. The number of hydrogen-bond acceptors (Lipinski definition) is 5. The monoisotopic (exact) mass is 569 g/mol. The van der Waals surface area contributed by atoms with Crippen LogP contribution in [-0.2, 0) is 26.2 Å². The quantitative estimate of drug-likeness (QED) is 0.449. The van der Waals surface area contributed by atoms with Gasteiger partial charge in [-0.3, -0.25) is 13.9 Å². The first-order valence-electron chi connectivity index (χ1n) is 12.1. The van der Waals surface area contributed by atoms with Crippen molar-refractivity contribution in [1.29, 1.82) is 0 Å². The van der Waals surface area contributed by atoms with Crippen molar-refractivity contribution in [3.05, 3.63) is 58.1 Å². The highest BCUT2D eigenvalue weighted by molar-refractivity contribution is 7.92. The molecule has 2 aromatic carbocycles. The van der Waals surface area contributed by atoms with Gasteiger partial charge in [0.15, 0.2) is 0 Å². The van der Waals surface area contributed by atoms with E-state index in [4.69, 9.17) is 27.9 Å². The summed E-state index contributed by atoms with van der Waals surface area (Å²) >= 11 is 12.4. The largest absolute Gasteiger partial charge is 0.497 e. The number of anilines is 1. The van der Waals surface area contributed by atoms with Gasteiger partial charge in [0, 0.05) is 17.6 Å². The molecule has 1 fully saturated rings. The number of carbonyl (C=O) groups excluding carboxylic acids is 2. The third-order valence-corrected chi connectivity index (χ3v) is 8.17. The van der Waals surface area contributed by atoms with Crippen LogP contribution in [0, 0.1) is 0 Å². The lowest BCUT2D eigenvalue weighted by molar-refractivity contribution is -0.139. The molecule has 2 amide bonds. The van der Waals surface area contributed by atoms with Gasteiger partial charge in [0.05, 0.1) is 24.1 Å². The van der Waals surface area contributed by atoms with E-state index in [0.29, 0.717) is 5.75 Å². The number of nitrogens with one attached hydrogen (secondary N) is 1. The molecule has 0 aromatic heterocycles. The minimum absolute atomic E-state index is 0.0689. The van der Waals surface area contributed by atoms with Crippen LogP contribution in [-0.4, -0.2) is 57.1 Å². The van der Waals surface area contributed by atoms with Crippen molar-refractivity contribution in [2.75, 3.05) is 24.2 Å². The molecule has 1 saturated carbocycles. The fourth-order valence-corrected chi connectivity index (χ4v) is 5.64. The minimum Gasteiger partial charge on any atom is -0.497 e. The Balaban J connectivity index is 1.90. The molecule has 1 atom stereocenters. The third kappa shape index (κ3) is 7.99. The van der Waals surface area contributed by atoms with Gasteiger partial charge in [-0.25, -0.2) is 8.42 Å². The Morgan fingerprint density at radius 1 is 1.08 bits per heavy atom. The molecule has 0 spiro atoms. The molecule has 11 heteroatoms. The zero-order chi connectivity index (χ0) is 27.2. The SMILES string of the molecule is COc1ccc(CN(C(=O)CN(c2cc(Cl)ccc2Cl)S(C)(=O)=O)C(C)C(=O)NC2CCCCC2)cc1. The summed E-state index contributed by atoms with van der Waals surface area (Å²) < 4.78 is 31.5. The molecule has 2 aromatic rings. The zero-order valence-corrected chi connectivity index (χ0v) is 23.6. The molecule has 8 nitrogen and oxygen atoms in total. The number of halogens is 2. The second kappa shape index (κ2) is 12.8. The van der Waals surface area contributed by atoms with Crippen molar-refractivity contribution in [3.8, 4) is 5.75 Å². The molecule has 0 heterocycles. The van der Waals surface area contributed by atoms with Crippen molar-refractivity contribution in [2.45, 2.75) is 57.7 Å². The van der Waals surface area contributed by atoms with Gasteiger partial charge in [0.25, 0.3) is 0 Å². The maximum atomic E-state index is 13.7. The lowest BCUT2D eigenvalue weighted by Gasteiger charge is -2.33. The number of rotatable bonds is 10. The maximum Gasteiger partial charge on any atom is 0.244 e. The van der Waals surface area contributed by atoms with E-state index in [2.05, 4.69) is 5.32 Å². The lowest BCUT2D eigenvalue weighted by Crippen LogP contribution is -2.53. The van der Waals surface area contributed by atoms with E-state index in [1.54, 1.807) is 38.3 Å². The van der Waals surface area contributed by atoms with Crippen molar-refractivity contribution < 1.29 is 22.7 Å². The molecule has 202 valence electrons. The first-order valence-corrected chi connectivity index (χ1v) is 14.8. The molecule has 37 heavy (non-hydrogen) atoms. The fourth-order valence-electron chi connectivity index (χ4n) is 4.35. The molecule has 0 aliphatic heterocycles. The smallest absolute Gasteiger partial charge is 0.244 e. The van der Waals surface area contributed by atoms with Crippen molar-refractivity contribution >= 4 is 50.7 Å². The Kier molecular flexibility index (Phi) is 10.1. The Bertz CT molecular complexity index is 1200. The summed E-state index contributed by atoms with van der Waals surface area (Å²) in [7, 11) is -2.35. The van der Waals surface area contributed by atoms with Crippen molar-refractivity contribution in [2.24, 2.45) is 0 Å². The highest BCUT2D eigenvalue weighted by Gasteiger charge is 2.32. The average Bonchev–Trinajstić information content (AvgIpc) is 2.87. The number of amides is 2. The van der Waals surface area contributed by atoms with Crippen LogP contribution in [0.5, 0.6) is 5.75 Å². The van der Waals surface area contributed by atoms with E-state index in [1.165, 1.54) is 23.1 Å². The highest BCUT2D eigenvalue weighted by Crippen LogP contribution is 2.31. The van der Waals surface area contributed by atoms with Gasteiger partial charge in [0.1, 0.15) is 18.3 Å². The molecule has 1 N–H and O–H groups in total. The third-order valence-electron chi connectivity index (χ3n) is 6.49. The predicted octanol–water partition coefficient (Wildman–Crippen LogP) is 4.63. The number of carbonyl (C=O) groups is 2. The predicted molar refractivity (Wildman–Crippen MR) is 147 cm³/mol. The lowest BCUT2D eigenvalue weighted by atomic mass is 9.95. The first kappa shape index (κ1) is 29.1. The van der Waals surface area contributed by atoms with Crippen LogP contribution >= 0.6 is 23.2 Å². The summed E-state index contributed by atoms with van der Waals surface area (Å²) in [6.45, 7) is 1.20. The average molecular weight is 571 g/mol. The van der Waals surface area contributed by atoms with Crippen LogP contribution in [0.2, 0.25) is 10.0 Å². The Morgan fingerprint density at radius 2 is 1.73 bits per heavy atom. The van der Waals surface area contributed by atoms with Gasteiger partial charge in [-0.15, -0.1) is 0 Å². The molecule has 1 aliphatic rings. The highest BCUT2D eigenvalue weighted by atomic mass is 35.5. The maximum absolute atomic E-state index is 13.7. The van der Waals surface area contributed by atoms with Crippen LogP contribution < -0.4 is 14.4 Å². The van der Waals surface area contributed by atoms with Crippen molar-refractivity contribution in [1.82, 2.24) is 10.2 Å². The molecule has 0 saturated heterocycles. The standard InChI is InChI=1S/C26H33Cl2N3O5S/c1-18(26(33)29-21-7-5-4-6-8-21)30(16-19-9-12-22(36-2)13-10-19)25(32)17-31(37(3,34)35)24-15-20(27)11-14-23(24)28/h9-15,18,21H,4-8,16-17H2,1-3H3,(H,29,33). The second-order valence-corrected chi connectivity index (χ2v) is 12.0. The molecule has 1 aliphatic carbocycles. The van der Waals surface area contributed by atoms with Gasteiger partial charge >= 0.3 is 0 Å². The number of sulfonamides is 1. The molecule has 0 bridgehead atoms. The summed E-state index contributed by atoms with van der Waals surface area (Å²) in [6.07, 6.45) is 6.05. The van der Waals surface area contributed by atoms with Crippen LogP contribution in [0.1, 0.15) is 44.6 Å². The zero-order valence-electron chi connectivity index (χ0n) is 21.2. The second-order valence-electron chi connectivity index (χ2n) is 9.25. The normalized spacial score (nSPS) is 15.1. The van der Waals surface area contributed by atoms with E-state index in [1.807, 2.05) is 0 Å². The Labute approximate surface area is 228 Å². The topological polar surface area (TPSA) is 96.0 Å². The number of benzene rings is 2. The molecule has 0 radical (unpaired) electrons. The van der Waals surface area contributed by atoms with Crippen LogP contribution in [0.15, 0.2) is 42.5 Å². The van der Waals surface area contributed by atoms with E-state index >= 15 is 0 Å². The summed E-state index contributed by atoms with van der Waals surface area (Å²) in [5, 5.41) is 3.47. The molecular weight excluding hydrogens is 537 g/mol. The van der Waals surface area contributed by atoms with Gasteiger partial charge in [-0.1, -0.05) is 54.6 Å². The summed E-state index contributed by atoms with van der Waals surface area (Å²) in [5.74, 6) is -0.174. The van der Waals surface area contributed by atoms with E-state index in [0.717, 1.165) is 48.2 Å². The first-order chi connectivity index (χ1) is 17.5. The number of ether oxygens (including phenoxy) is 1. The number of hydrogen-bond donors (Lipinski definition) is 1. The summed E-state index contributed by atoms with van der Waals surface area (Å²) in [6, 6.07) is 10.7. The van der Waals surface area contributed by atoms with Crippen LogP contribution in [0.25, 0.3) is 0 Å². The van der Waals surface area contributed by atoms with E-state index < -0.39 is 28.5 Å². The van der Waals surface area contributed by atoms with Gasteiger partial charge in [-0.2, -0.15) is 0 Å². The van der Waals surface area contributed by atoms with E-state index in [-0.39, 0.29) is 34.2 Å².